The fourth-order valence-electron chi connectivity index (χ4n) is 1.64. The summed E-state index contributed by atoms with van der Waals surface area (Å²) in [6.07, 6.45) is 1.95. The molecule has 0 radical (unpaired) electrons. The van der Waals surface area contributed by atoms with Crippen molar-refractivity contribution in [2.75, 3.05) is 18.5 Å². The second-order valence-corrected chi connectivity index (χ2v) is 4.25. The average molecular weight is 211 g/mol. The normalized spacial score (nSPS) is 21.1. The van der Waals surface area contributed by atoms with E-state index >= 15 is 0 Å². The maximum absolute atomic E-state index is 5.30. The molecule has 1 N–H and O–H groups in total. The monoisotopic (exact) mass is 211 g/mol. The summed E-state index contributed by atoms with van der Waals surface area (Å²) in [7, 11) is 0. The van der Waals surface area contributed by atoms with Gasteiger partial charge in [0.05, 0.1) is 0 Å². The van der Waals surface area contributed by atoms with Gasteiger partial charge in [0.25, 0.3) is 0 Å². The minimum atomic E-state index is 0.313. The van der Waals surface area contributed by atoms with Crippen molar-refractivity contribution in [2.45, 2.75) is 32.7 Å². The number of anilines is 1. The van der Waals surface area contributed by atoms with Gasteiger partial charge in [-0.3, -0.25) is 0 Å². The predicted octanol–water partition coefficient (Wildman–Crippen LogP) is 1.47. The number of aromatic nitrogens is 2. The molecule has 1 aromatic heterocycles. The lowest BCUT2D eigenvalue weighted by Crippen LogP contribution is -2.10. The number of nitrogens with one attached hydrogen (secondary N) is 1. The molecule has 5 nitrogen and oxygen atoms in total. The molecule has 1 aliphatic heterocycles. The Balaban J connectivity index is 1.88. The molecule has 2 rings (SSSR count). The average Bonchev–Trinajstić information content (AvgIpc) is 2.77. The molecule has 0 saturated carbocycles. The molecule has 0 amide bonds. The fraction of sp³-hybridized carbons (Fsp3) is 0.800. The van der Waals surface area contributed by atoms with Gasteiger partial charge in [0.15, 0.2) is 5.82 Å². The zero-order chi connectivity index (χ0) is 10.7. The molecular formula is C10H17N3O2. The standard InChI is InChI=1S/C10H17N3O2/c1-7(2)11-10-12-9(13-15-10)5-8-3-4-14-6-8/h7-8H,3-6H2,1-2H3,(H,11,12,13). The number of rotatable bonds is 4. The van der Waals surface area contributed by atoms with Gasteiger partial charge in [0.2, 0.25) is 0 Å². The van der Waals surface area contributed by atoms with E-state index in [0.29, 0.717) is 18.0 Å². The van der Waals surface area contributed by atoms with E-state index in [1.54, 1.807) is 0 Å². The lowest BCUT2D eigenvalue weighted by molar-refractivity contribution is 0.185. The number of ether oxygens (including phenoxy) is 1. The zero-order valence-electron chi connectivity index (χ0n) is 9.19. The van der Waals surface area contributed by atoms with Crippen LogP contribution in [-0.2, 0) is 11.2 Å². The molecule has 5 heteroatoms. The molecule has 15 heavy (non-hydrogen) atoms. The van der Waals surface area contributed by atoms with Crippen molar-refractivity contribution in [2.24, 2.45) is 5.92 Å². The summed E-state index contributed by atoms with van der Waals surface area (Å²) in [5.74, 6) is 1.32. The molecule has 1 fully saturated rings. The summed E-state index contributed by atoms with van der Waals surface area (Å²) >= 11 is 0. The van der Waals surface area contributed by atoms with Crippen LogP contribution in [0, 0.1) is 5.92 Å². The lowest BCUT2D eigenvalue weighted by atomic mass is 10.1. The highest BCUT2D eigenvalue weighted by Crippen LogP contribution is 2.17. The van der Waals surface area contributed by atoms with E-state index in [2.05, 4.69) is 15.5 Å². The Bertz CT molecular complexity index is 305. The summed E-state index contributed by atoms with van der Waals surface area (Å²) in [4.78, 5) is 4.27. The summed E-state index contributed by atoms with van der Waals surface area (Å²) in [5.41, 5.74) is 0. The second kappa shape index (κ2) is 4.61. The van der Waals surface area contributed by atoms with Crippen LogP contribution in [0.3, 0.4) is 0 Å². The van der Waals surface area contributed by atoms with Gasteiger partial charge in [-0.05, 0) is 26.2 Å². The van der Waals surface area contributed by atoms with Gasteiger partial charge in [-0.1, -0.05) is 5.16 Å². The summed E-state index contributed by atoms with van der Waals surface area (Å²) in [5, 5.41) is 7.01. The molecule has 0 aromatic carbocycles. The number of hydrogen-bond acceptors (Lipinski definition) is 5. The van der Waals surface area contributed by atoms with Gasteiger partial charge in [0, 0.05) is 25.7 Å². The van der Waals surface area contributed by atoms with Crippen LogP contribution in [0.25, 0.3) is 0 Å². The maximum Gasteiger partial charge on any atom is 0.321 e. The Morgan fingerprint density at radius 1 is 1.53 bits per heavy atom. The second-order valence-electron chi connectivity index (χ2n) is 4.25. The van der Waals surface area contributed by atoms with Gasteiger partial charge in [0.1, 0.15) is 0 Å². The highest BCUT2D eigenvalue weighted by molar-refractivity contribution is 5.19. The van der Waals surface area contributed by atoms with E-state index < -0.39 is 0 Å². The molecule has 1 aromatic rings. The Kier molecular flexibility index (Phi) is 3.20. The van der Waals surface area contributed by atoms with Crippen molar-refractivity contribution < 1.29 is 9.26 Å². The summed E-state index contributed by atoms with van der Waals surface area (Å²) < 4.78 is 10.4. The molecule has 1 aliphatic rings. The first kappa shape index (κ1) is 10.4. The quantitative estimate of drug-likeness (QED) is 0.817. The molecular weight excluding hydrogens is 194 g/mol. The fourth-order valence-corrected chi connectivity index (χ4v) is 1.64. The van der Waals surface area contributed by atoms with E-state index in [-0.39, 0.29) is 0 Å². The highest BCUT2D eigenvalue weighted by Gasteiger charge is 2.19. The minimum absolute atomic E-state index is 0.313. The van der Waals surface area contributed by atoms with Crippen molar-refractivity contribution in [3.05, 3.63) is 5.82 Å². The third-order valence-electron chi connectivity index (χ3n) is 2.38. The van der Waals surface area contributed by atoms with Gasteiger partial charge in [-0.25, -0.2) is 0 Å². The highest BCUT2D eigenvalue weighted by atomic mass is 16.5. The molecule has 0 aliphatic carbocycles. The van der Waals surface area contributed by atoms with Crippen molar-refractivity contribution >= 4 is 6.01 Å². The van der Waals surface area contributed by atoms with E-state index in [4.69, 9.17) is 9.26 Å². The van der Waals surface area contributed by atoms with Crippen LogP contribution >= 0.6 is 0 Å². The molecule has 2 heterocycles. The van der Waals surface area contributed by atoms with Crippen LogP contribution in [-0.4, -0.2) is 29.4 Å². The van der Waals surface area contributed by atoms with Crippen LogP contribution in [0.2, 0.25) is 0 Å². The molecule has 0 spiro atoms. The van der Waals surface area contributed by atoms with Crippen LogP contribution < -0.4 is 5.32 Å². The SMILES string of the molecule is CC(C)Nc1nc(CC2CCOC2)no1. The molecule has 0 bridgehead atoms. The van der Waals surface area contributed by atoms with Gasteiger partial charge < -0.3 is 14.6 Å². The van der Waals surface area contributed by atoms with Crippen molar-refractivity contribution in [3.63, 3.8) is 0 Å². The van der Waals surface area contributed by atoms with Crippen LogP contribution in [0.4, 0.5) is 6.01 Å². The van der Waals surface area contributed by atoms with Crippen molar-refractivity contribution in [3.8, 4) is 0 Å². The first-order valence-corrected chi connectivity index (χ1v) is 5.41. The lowest BCUT2D eigenvalue weighted by Gasteiger charge is -2.02. The topological polar surface area (TPSA) is 60.2 Å². The summed E-state index contributed by atoms with van der Waals surface area (Å²) in [6, 6.07) is 0.826. The van der Waals surface area contributed by atoms with Gasteiger partial charge in [-0.15, -0.1) is 0 Å². The van der Waals surface area contributed by atoms with Crippen molar-refractivity contribution in [1.82, 2.24) is 10.1 Å². The molecule has 84 valence electrons. The first-order chi connectivity index (χ1) is 7.24. The number of nitrogens with zero attached hydrogens (tertiary/aromatic N) is 2. The van der Waals surface area contributed by atoms with E-state index in [1.807, 2.05) is 13.8 Å². The van der Waals surface area contributed by atoms with Gasteiger partial charge in [-0.2, -0.15) is 4.98 Å². The van der Waals surface area contributed by atoms with Crippen LogP contribution in [0.5, 0.6) is 0 Å². The van der Waals surface area contributed by atoms with Crippen molar-refractivity contribution in [1.29, 1.82) is 0 Å². The molecule has 1 atom stereocenters. The zero-order valence-corrected chi connectivity index (χ0v) is 9.19. The summed E-state index contributed by atoms with van der Waals surface area (Å²) in [6.45, 7) is 5.75. The third kappa shape index (κ3) is 2.92. The Labute approximate surface area is 89.2 Å². The van der Waals surface area contributed by atoms with Gasteiger partial charge >= 0.3 is 6.01 Å². The van der Waals surface area contributed by atoms with E-state index in [1.165, 1.54) is 0 Å². The maximum atomic E-state index is 5.30. The van der Waals surface area contributed by atoms with Crippen LogP contribution in [0.1, 0.15) is 26.1 Å². The van der Waals surface area contributed by atoms with E-state index in [9.17, 15) is 0 Å². The third-order valence-corrected chi connectivity index (χ3v) is 2.38. The number of hydrogen-bond donors (Lipinski definition) is 1. The first-order valence-electron chi connectivity index (χ1n) is 5.41. The molecule has 1 saturated heterocycles. The Hall–Kier alpha value is -1.10. The Morgan fingerprint density at radius 3 is 3.07 bits per heavy atom. The minimum Gasteiger partial charge on any atom is -0.381 e. The molecule has 1 unspecified atom stereocenters. The predicted molar refractivity (Wildman–Crippen MR) is 55.7 cm³/mol. The smallest absolute Gasteiger partial charge is 0.321 e. The largest absolute Gasteiger partial charge is 0.381 e. The van der Waals surface area contributed by atoms with Crippen LogP contribution in [0.15, 0.2) is 4.52 Å². The Morgan fingerprint density at radius 2 is 2.40 bits per heavy atom. The van der Waals surface area contributed by atoms with E-state index in [0.717, 1.165) is 31.9 Å².